The molecular weight excluding hydrogens is 310 g/mol. The van der Waals surface area contributed by atoms with Crippen LogP contribution in [0.5, 0.6) is 0 Å². The van der Waals surface area contributed by atoms with Gasteiger partial charge in [-0.2, -0.15) is 4.98 Å². The SMILES string of the molecule is CCC1C(=O)Nc2cnc(Cl)nc2N1NC(=O)OC(C)(C)C. The summed E-state index contributed by atoms with van der Waals surface area (Å²) in [7, 11) is 0. The van der Waals surface area contributed by atoms with E-state index in [-0.39, 0.29) is 11.2 Å². The van der Waals surface area contributed by atoms with Crippen LogP contribution in [0.4, 0.5) is 16.3 Å². The molecule has 0 aromatic carbocycles. The highest BCUT2D eigenvalue weighted by atomic mass is 35.5. The molecule has 0 fully saturated rings. The van der Waals surface area contributed by atoms with Crippen LogP contribution < -0.4 is 15.8 Å². The summed E-state index contributed by atoms with van der Waals surface area (Å²) in [4.78, 5) is 32.0. The molecule has 0 radical (unpaired) electrons. The maximum absolute atomic E-state index is 12.1. The number of nitrogens with zero attached hydrogens (tertiary/aromatic N) is 3. The van der Waals surface area contributed by atoms with Crippen LogP contribution in [0.15, 0.2) is 6.20 Å². The minimum absolute atomic E-state index is 0.0146. The lowest BCUT2D eigenvalue weighted by atomic mass is 10.1. The van der Waals surface area contributed by atoms with Gasteiger partial charge in [0.2, 0.25) is 11.2 Å². The van der Waals surface area contributed by atoms with Crippen molar-refractivity contribution in [1.82, 2.24) is 15.4 Å². The number of rotatable bonds is 2. The van der Waals surface area contributed by atoms with Crippen LogP contribution in [0.2, 0.25) is 5.28 Å². The molecule has 1 atom stereocenters. The molecule has 2 rings (SSSR count). The van der Waals surface area contributed by atoms with Crippen LogP contribution in [0.25, 0.3) is 0 Å². The lowest BCUT2D eigenvalue weighted by Gasteiger charge is -2.36. The van der Waals surface area contributed by atoms with Crippen molar-refractivity contribution >= 4 is 35.1 Å². The van der Waals surface area contributed by atoms with Crippen LogP contribution in [0.1, 0.15) is 34.1 Å². The van der Waals surface area contributed by atoms with E-state index in [9.17, 15) is 9.59 Å². The second-order valence-electron chi connectivity index (χ2n) is 5.77. The summed E-state index contributed by atoms with van der Waals surface area (Å²) in [5.74, 6) is 0.0503. The van der Waals surface area contributed by atoms with E-state index >= 15 is 0 Å². The molecule has 0 spiro atoms. The van der Waals surface area contributed by atoms with Crippen LogP contribution in [-0.2, 0) is 9.53 Å². The number of hydrazine groups is 1. The van der Waals surface area contributed by atoms with Gasteiger partial charge in [-0.15, -0.1) is 0 Å². The zero-order chi connectivity index (χ0) is 16.5. The largest absolute Gasteiger partial charge is 0.443 e. The van der Waals surface area contributed by atoms with Gasteiger partial charge in [-0.05, 0) is 38.8 Å². The third kappa shape index (κ3) is 3.56. The quantitative estimate of drug-likeness (QED) is 0.807. The normalized spacial score (nSPS) is 17.6. The smallest absolute Gasteiger partial charge is 0.426 e. The number of carbonyl (C=O) groups is 2. The van der Waals surface area contributed by atoms with Gasteiger partial charge in [0.1, 0.15) is 17.3 Å². The number of hydrogen-bond acceptors (Lipinski definition) is 6. The molecule has 0 bridgehead atoms. The van der Waals surface area contributed by atoms with Crippen LogP contribution in [-0.4, -0.2) is 33.6 Å². The molecule has 1 aromatic rings. The lowest BCUT2D eigenvalue weighted by molar-refractivity contribution is -0.117. The van der Waals surface area contributed by atoms with E-state index in [0.29, 0.717) is 17.9 Å². The minimum atomic E-state index is -0.679. The third-order valence-electron chi connectivity index (χ3n) is 2.84. The fraction of sp³-hybridized carbons (Fsp3) is 0.538. The summed E-state index contributed by atoms with van der Waals surface area (Å²) >= 11 is 5.81. The van der Waals surface area contributed by atoms with E-state index in [0.717, 1.165) is 0 Å². The molecule has 2 N–H and O–H groups in total. The molecule has 8 nitrogen and oxygen atoms in total. The molecule has 0 aliphatic carbocycles. The predicted molar refractivity (Wildman–Crippen MR) is 81.6 cm³/mol. The first-order chi connectivity index (χ1) is 10.2. The van der Waals surface area contributed by atoms with Crippen molar-refractivity contribution in [3.8, 4) is 0 Å². The van der Waals surface area contributed by atoms with Crippen molar-refractivity contribution in [3.05, 3.63) is 11.5 Å². The topological polar surface area (TPSA) is 96.5 Å². The van der Waals surface area contributed by atoms with Crippen molar-refractivity contribution in [1.29, 1.82) is 0 Å². The Morgan fingerprint density at radius 1 is 1.55 bits per heavy atom. The molecule has 0 saturated carbocycles. The first-order valence-corrected chi connectivity index (χ1v) is 7.21. The highest BCUT2D eigenvalue weighted by Crippen LogP contribution is 2.30. The Morgan fingerprint density at radius 2 is 2.23 bits per heavy atom. The first-order valence-electron chi connectivity index (χ1n) is 6.83. The number of ether oxygens (including phenoxy) is 1. The predicted octanol–water partition coefficient (Wildman–Crippen LogP) is 2.11. The number of aromatic nitrogens is 2. The Balaban J connectivity index is 2.32. The summed E-state index contributed by atoms with van der Waals surface area (Å²) in [6.07, 6.45) is 1.17. The first kappa shape index (κ1) is 16.3. The average Bonchev–Trinajstić information content (AvgIpc) is 2.37. The molecule has 22 heavy (non-hydrogen) atoms. The van der Waals surface area contributed by atoms with E-state index in [2.05, 4.69) is 20.7 Å². The molecular formula is C13H18ClN5O3. The van der Waals surface area contributed by atoms with Gasteiger partial charge in [-0.1, -0.05) is 6.92 Å². The van der Waals surface area contributed by atoms with Crippen molar-refractivity contribution in [2.75, 3.05) is 10.3 Å². The van der Waals surface area contributed by atoms with Crippen molar-refractivity contribution < 1.29 is 14.3 Å². The Morgan fingerprint density at radius 3 is 2.82 bits per heavy atom. The second kappa shape index (κ2) is 5.96. The fourth-order valence-electron chi connectivity index (χ4n) is 2.00. The molecule has 1 unspecified atom stereocenters. The number of nitrogens with one attached hydrogen (secondary N) is 2. The summed E-state index contributed by atoms with van der Waals surface area (Å²) < 4.78 is 5.21. The number of carbonyl (C=O) groups excluding carboxylic acids is 2. The molecule has 9 heteroatoms. The summed E-state index contributed by atoms with van der Waals surface area (Å²) in [6, 6.07) is -0.619. The van der Waals surface area contributed by atoms with Crippen molar-refractivity contribution in [2.24, 2.45) is 0 Å². The number of fused-ring (bicyclic) bond motifs is 1. The molecule has 2 amide bonds. The van der Waals surface area contributed by atoms with E-state index in [1.807, 2.05) is 6.92 Å². The molecule has 1 aromatic heterocycles. The van der Waals surface area contributed by atoms with E-state index in [1.54, 1.807) is 20.8 Å². The van der Waals surface area contributed by atoms with Gasteiger partial charge in [0.05, 0.1) is 6.20 Å². The standard InChI is InChI=1S/C13H18ClN5O3/c1-5-8-10(20)16-7-6-15-11(14)17-9(7)19(8)18-12(21)22-13(2,3)4/h6,8H,5H2,1-4H3,(H,16,20)(H,18,21). The zero-order valence-electron chi connectivity index (χ0n) is 12.8. The summed E-state index contributed by atoms with van der Waals surface area (Å²) in [6.45, 7) is 7.07. The maximum atomic E-state index is 12.1. The van der Waals surface area contributed by atoms with Crippen LogP contribution in [0.3, 0.4) is 0 Å². The number of halogens is 1. The molecule has 1 aliphatic rings. The molecule has 0 saturated heterocycles. The van der Waals surface area contributed by atoms with Crippen LogP contribution >= 0.6 is 11.6 Å². The Labute approximate surface area is 133 Å². The van der Waals surface area contributed by atoms with E-state index in [1.165, 1.54) is 11.2 Å². The van der Waals surface area contributed by atoms with Gasteiger partial charge >= 0.3 is 6.09 Å². The monoisotopic (exact) mass is 327 g/mol. The minimum Gasteiger partial charge on any atom is -0.443 e. The van der Waals surface area contributed by atoms with Gasteiger partial charge in [0.25, 0.3) is 0 Å². The fourth-order valence-corrected chi connectivity index (χ4v) is 2.13. The van der Waals surface area contributed by atoms with Gasteiger partial charge < -0.3 is 10.1 Å². The van der Waals surface area contributed by atoms with E-state index < -0.39 is 17.7 Å². The molecule has 1 aliphatic heterocycles. The average molecular weight is 328 g/mol. The summed E-state index contributed by atoms with van der Waals surface area (Å²) in [5.41, 5.74) is 2.27. The van der Waals surface area contributed by atoms with Crippen LogP contribution in [0, 0.1) is 0 Å². The maximum Gasteiger partial charge on any atom is 0.426 e. The highest BCUT2D eigenvalue weighted by molar-refractivity contribution is 6.28. The van der Waals surface area contributed by atoms with Gasteiger partial charge in [0, 0.05) is 0 Å². The summed E-state index contributed by atoms with van der Waals surface area (Å²) in [5, 5.41) is 4.05. The van der Waals surface area contributed by atoms with Gasteiger partial charge in [-0.25, -0.2) is 15.2 Å². The Hall–Kier alpha value is -2.09. The van der Waals surface area contributed by atoms with Crippen molar-refractivity contribution in [3.63, 3.8) is 0 Å². The highest BCUT2D eigenvalue weighted by Gasteiger charge is 2.35. The zero-order valence-corrected chi connectivity index (χ0v) is 13.6. The number of anilines is 2. The third-order valence-corrected chi connectivity index (χ3v) is 3.02. The number of hydrogen-bond donors (Lipinski definition) is 2. The second-order valence-corrected chi connectivity index (χ2v) is 6.11. The molecule has 120 valence electrons. The van der Waals surface area contributed by atoms with Gasteiger partial charge in [0.15, 0.2) is 5.82 Å². The Kier molecular flexibility index (Phi) is 4.41. The Bertz CT molecular complexity index is 602. The number of amides is 2. The molecule has 2 heterocycles. The lowest BCUT2D eigenvalue weighted by Crippen LogP contribution is -2.57. The van der Waals surface area contributed by atoms with Gasteiger partial charge in [-0.3, -0.25) is 9.80 Å². The van der Waals surface area contributed by atoms with E-state index in [4.69, 9.17) is 16.3 Å². The van der Waals surface area contributed by atoms with Crippen molar-refractivity contribution in [2.45, 2.75) is 45.8 Å².